The van der Waals surface area contributed by atoms with Crippen molar-refractivity contribution in [1.29, 1.82) is 0 Å². The molecule has 2 aliphatic rings. The standard InChI is InChI=1S/C20H19N3OS/c1-14-8-10-15(11-9-14)17-20(12-13-21-18(20)25-2)19(24)23(22-17)16-6-4-3-5-7-16/h3-11H,12-13H2,1-2H3. The molecule has 2 aromatic carbocycles. The Balaban J connectivity index is 1.88. The fourth-order valence-electron chi connectivity index (χ4n) is 3.50. The largest absolute Gasteiger partial charge is 0.281 e. The molecule has 5 heteroatoms. The van der Waals surface area contributed by atoms with Gasteiger partial charge in [0.25, 0.3) is 5.91 Å². The van der Waals surface area contributed by atoms with Gasteiger partial charge >= 0.3 is 0 Å². The fourth-order valence-corrected chi connectivity index (χ4v) is 4.35. The molecule has 1 unspecified atom stereocenters. The molecular weight excluding hydrogens is 330 g/mol. The van der Waals surface area contributed by atoms with E-state index in [0.717, 1.165) is 22.0 Å². The minimum atomic E-state index is -0.746. The molecule has 0 aliphatic carbocycles. The summed E-state index contributed by atoms with van der Waals surface area (Å²) in [6, 6.07) is 17.8. The Labute approximate surface area is 151 Å². The maximum Gasteiger partial charge on any atom is 0.266 e. The molecular formula is C20H19N3OS. The summed E-state index contributed by atoms with van der Waals surface area (Å²) in [6.07, 6.45) is 2.66. The molecule has 0 fully saturated rings. The molecule has 4 nitrogen and oxygen atoms in total. The Morgan fingerprint density at radius 3 is 2.48 bits per heavy atom. The van der Waals surface area contributed by atoms with Crippen molar-refractivity contribution in [2.24, 2.45) is 15.5 Å². The molecule has 0 saturated heterocycles. The number of hydrogen-bond acceptors (Lipinski definition) is 4. The van der Waals surface area contributed by atoms with Gasteiger partial charge in [-0.05, 0) is 37.3 Å². The van der Waals surface area contributed by atoms with E-state index in [4.69, 9.17) is 5.10 Å². The third kappa shape index (κ3) is 2.42. The van der Waals surface area contributed by atoms with E-state index in [-0.39, 0.29) is 5.91 Å². The van der Waals surface area contributed by atoms with Crippen molar-refractivity contribution < 1.29 is 4.79 Å². The lowest BCUT2D eigenvalue weighted by Gasteiger charge is -2.25. The van der Waals surface area contributed by atoms with Crippen LogP contribution in [0.25, 0.3) is 0 Å². The van der Waals surface area contributed by atoms with Gasteiger partial charge in [0.1, 0.15) is 5.41 Å². The number of carbonyl (C=O) groups excluding carboxylic acids is 1. The Morgan fingerprint density at radius 1 is 1.08 bits per heavy atom. The van der Waals surface area contributed by atoms with Crippen LogP contribution in [0.5, 0.6) is 0 Å². The first-order valence-electron chi connectivity index (χ1n) is 8.31. The van der Waals surface area contributed by atoms with E-state index >= 15 is 0 Å². The van der Waals surface area contributed by atoms with Crippen LogP contribution in [0.3, 0.4) is 0 Å². The smallest absolute Gasteiger partial charge is 0.266 e. The summed E-state index contributed by atoms with van der Waals surface area (Å²) in [5.41, 5.74) is 3.03. The molecule has 1 atom stereocenters. The van der Waals surface area contributed by atoms with Crippen LogP contribution < -0.4 is 5.01 Å². The zero-order valence-electron chi connectivity index (χ0n) is 14.3. The number of hydrazone groups is 1. The monoisotopic (exact) mass is 349 g/mol. The van der Waals surface area contributed by atoms with Gasteiger partial charge < -0.3 is 0 Å². The van der Waals surface area contributed by atoms with Gasteiger partial charge in [-0.15, -0.1) is 11.8 Å². The Kier molecular flexibility index (Phi) is 3.96. The first-order valence-corrected chi connectivity index (χ1v) is 9.54. The maximum absolute atomic E-state index is 13.5. The summed E-state index contributed by atoms with van der Waals surface area (Å²) in [7, 11) is 0. The average molecular weight is 349 g/mol. The molecule has 2 aromatic rings. The van der Waals surface area contributed by atoms with Crippen molar-refractivity contribution in [3.63, 3.8) is 0 Å². The number of benzene rings is 2. The molecule has 4 rings (SSSR count). The number of amides is 1. The number of thioether (sulfide) groups is 1. The highest BCUT2D eigenvalue weighted by Crippen LogP contribution is 2.44. The van der Waals surface area contributed by atoms with Crippen LogP contribution in [-0.4, -0.2) is 29.5 Å². The van der Waals surface area contributed by atoms with Crippen LogP contribution in [0.1, 0.15) is 17.5 Å². The van der Waals surface area contributed by atoms with Gasteiger partial charge in [-0.1, -0.05) is 48.0 Å². The van der Waals surface area contributed by atoms with Gasteiger partial charge in [0.15, 0.2) is 0 Å². The minimum Gasteiger partial charge on any atom is -0.281 e. The van der Waals surface area contributed by atoms with E-state index in [1.807, 2.05) is 48.7 Å². The van der Waals surface area contributed by atoms with Crippen LogP contribution in [0.2, 0.25) is 0 Å². The average Bonchev–Trinajstić information content (AvgIpc) is 3.20. The molecule has 1 amide bonds. The topological polar surface area (TPSA) is 45.0 Å². The third-order valence-corrected chi connectivity index (χ3v) is 5.65. The first kappa shape index (κ1) is 16.1. The normalized spacial score (nSPS) is 22.5. The van der Waals surface area contributed by atoms with Crippen molar-refractivity contribution in [3.05, 3.63) is 65.7 Å². The van der Waals surface area contributed by atoms with Gasteiger partial charge in [-0.2, -0.15) is 10.1 Å². The van der Waals surface area contributed by atoms with Gasteiger partial charge in [0, 0.05) is 6.54 Å². The zero-order chi connectivity index (χ0) is 17.4. The second-order valence-electron chi connectivity index (χ2n) is 6.31. The molecule has 0 radical (unpaired) electrons. The number of aryl methyl sites for hydroxylation is 1. The van der Waals surface area contributed by atoms with Crippen LogP contribution in [0, 0.1) is 12.3 Å². The fraction of sp³-hybridized carbons (Fsp3) is 0.250. The lowest BCUT2D eigenvalue weighted by molar-refractivity contribution is -0.121. The van der Waals surface area contributed by atoms with Crippen LogP contribution in [0.15, 0.2) is 64.7 Å². The molecule has 2 heterocycles. The molecule has 1 spiro atoms. The van der Waals surface area contributed by atoms with Crippen molar-refractivity contribution in [2.75, 3.05) is 17.8 Å². The van der Waals surface area contributed by atoms with Crippen molar-refractivity contribution in [3.8, 4) is 0 Å². The lowest BCUT2D eigenvalue weighted by Crippen LogP contribution is -2.43. The van der Waals surface area contributed by atoms with Gasteiger partial charge in [-0.25, -0.2) is 0 Å². The Bertz CT molecular complexity index is 874. The SMILES string of the molecule is CSC1=NCCC12C(=O)N(c1ccccc1)N=C2c1ccc(C)cc1. The molecule has 0 bridgehead atoms. The highest BCUT2D eigenvalue weighted by Gasteiger charge is 2.57. The van der Waals surface area contributed by atoms with Gasteiger partial charge in [0.2, 0.25) is 0 Å². The number of nitrogens with zero attached hydrogens (tertiary/aromatic N) is 3. The number of hydrogen-bond donors (Lipinski definition) is 0. The summed E-state index contributed by atoms with van der Waals surface area (Å²) in [6.45, 7) is 2.72. The van der Waals surface area contributed by atoms with Crippen LogP contribution >= 0.6 is 11.8 Å². The summed E-state index contributed by atoms with van der Waals surface area (Å²) in [4.78, 5) is 18.1. The Morgan fingerprint density at radius 2 is 1.80 bits per heavy atom. The summed E-state index contributed by atoms with van der Waals surface area (Å²) in [5, 5.41) is 7.20. The minimum absolute atomic E-state index is 0.000116. The molecule has 0 N–H and O–H groups in total. The number of aliphatic imine (C=N–C) groups is 1. The molecule has 25 heavy (non-hydrogen) atoms. The zero-order valence-corrected chi connectivity index (χ0v) is 15.1. The van der Waals surface area contributed by atoms with E-state index in [9.17, 15) is 4.79 Å². The van der Waals surface area contributed by atoms with Crippen molar-refractivity contribution in [2.45, 2.75) is 13.3 Å². The third-order valence-electron chi connectivity index (χ3n) is 4.79. The van der Waals surface area contributed by atoms with Crippen LogP contribution in [-0.2, 0) is 4.79 Å². The second-order valence-corrected chi connectivity index (χ2v) is 7.11. The number of carbonyl (C=O) groups is 1. The predicted octanol–water partition coefficient (Wildman–Crippen LogP) is 3.90. The van der Waals surface area contributed by atoms with Crippen molar-refractivity contribution >= 4 is 34.1 Å². The van der Waals surface area contributed by atoms with E-state index in [1.165, 1.54) is 5.56 Å². The first-order chi connectivity index (χ1) is 12.2. The second kappa shape index (κ2) is 6.15. The summed E-state index contributed by atoms with van der Waals surface area (Å²) >= 11 is 1.55. The number of rotatable bonds is 2. The van der Waals surface area contributed by atoms with Crippen molar-refractivity contribution in [1.82, 2.24) is 0 Å². The quantitative estimate of drug-likeness (QED) is 0.825. The molecule has 2 aliphatic heterocycles. The summed E-state index contributed by atoms with van der Waals surface area (Å²) < 4.78 is 0. The maximum atomic E-state index is 13.5. The Hall–Kier alpha value is -2.40. The van der Waals surface area contributed by atoms with E-state index in [1.54, 1.807) is 16.8 Å². The number of para-hydroxylation sites is 1. The predicted molar refractivity (Wildman–Crippen MR) is 105 cm³/mol. The summed E-state index contributed by atoms with van der Waals surface area (Å²) in [5.74, 6) is -0.000116. The molecule has 0 aromatic heterocycles. The lowest BCUT2D eigenvalue weighted by atomic mass is 9.78. The van der Waals surface area contributed by atoms with E-state index in [0.29, 0.717) is 13.0 Å². The van der Waals surface area contributed by atoms with E-state index < -0.39 is 5.41 Å². The highest BCUT2D eigenvalue weighted by molar-refractivity contribution is 8.13. The van der Waals surface area contributed by atoms with Gasteiger partial charge in [0.05, 0.1) is 16.4 Å². The highest BCUT2D eigenvalue weighted by atomic mass is 32.2. The van der Waals surface area contributed by atoms with E-state index in [2.05, 4.69) is 24.0 Å². The molecule has 0 saturated carbocycles. The number of anilines is 1. The van der Waals surface area contributed by atoms with Gasteiger partial charge in [-0.3, -0.25) is 9.79 Å². The molecule has 126 valence electrons. The van der Waals surface area contributed by atoms with Crippen LogP contribution in [0.4, 0.5) is 5.69 Å².